The zero-order valence-corrected chi connectivity index (χ0v) is 29.3. The van der Waals surface area contributed by atoms with Crippen molar-refractivity contribution in [3.8, 4) is 11.3 Å². The predicted octanol–water partition coefficient (Wildman–Crippen LogP) is 8.71. The molecule has 1 atom stereocenters. The van der Waals surface area contributed by atoms with Crippen molar-refractivity contribution in [1.82, 2.24) is 10.3 Å². The van der Waals surface area contributed by atoms with Crippen molar-refractivity contribution in [2.75, 3.05) is 29.6 Å². The minimum atomic E-state index is -0.479. The van der Waals surface area contributed by atoms with Gasteiger partial charge in [-0.1, -0.05) is 59.6 Å². The molecule has 0 radical (unpaired) electrons. The number of aromatic nitrogens is 1. The molecule has 0 bridgehead atoms. The largest absolute Gasteiger partial charge is 0.378 e. The zero-order chi connectivity index (χ0) is 34.2. The van der Waals surface area contributed by atoms with E-state index in [2.05, 4.69) is 20.9 Å². The Morgan fingerprint density at radius 2 is 1.58 bits per heavy atom. The fraction of sp³-hybridized carbons (Fsp3) is 0.111. The Kier molecular flexibility index (Phi) is 11.6. The number of hydrogen-bond acceptors (Lipinski definition) is 7. The van der Waals surface area contributed by atoms with Crippen molar-refractivity contribution in [1.29, 1.82) is 0 Å². The first-order valence-corrected chi connectivity index (χ1v) is 17.2. The zero-order valence-electron chi connectivity index (χ0n) is 26.2. The maximum Gasteiger partial charge on any atom is 0.272 e. The molecule has 0 aliphatic rings. The smallest absolute Gasteiger partial charge is 0.272 e. The van der Waals surface area contributed by atoms with Crippen molar-refractivity contribution in [2.24, 2.45) is 0 Å². The van der Waals surface area contributed by atoms with Crippen LogP contribution in [-0.4, -0.2) is 42.1 Å². The first kappa shape index (κ1) is 34.7. The monoisotopic (exact) mass is 715 g/mol. The van der Waals surface area contributed by atoms with E-state index in [1.54, 1.807) is 61.5 Å². The summed E-state index contributed by atoms with van der Waals surface area (Å²) in [5, 5.41) is 11.3. The summed E-state index contributed by atoms with van der Waals surface area (Å²) in [5.41, 5.74) is 4.30. The lowest BCUT2D eigenvalue weighted by Crippen LogP contribution is -2.30. The molecule has 0 fully saturated rings. The Morgan fingerprint density at radius 1 is 0.875 bits per heavy atom. The second-order valence-electron chi connectivity index (χ2n) is 10.8. The lowest BCUT2D eigenvalue weighted by atomic mass is 10.1. The molecule has 244 valence electrons. The van der Waals surface area contributed by atoms with Gasteiger partial charge < -0.3 is 20.9 Å². The van der Waals surface area contributed by atoms with E-state index in [4.69, 9.17) is 23.2 Å². The van der Waals surface area contributed by atoms with Crippen molar-refractivity contribution in [3.63, 3.8) is 0 Å². The fourth-order valence-electron chi connectivity index (χ4n) is 4.38. The number of carbonyl (C=O) groups is 3. The highest BCUT2D eigenvalue weighted by atomic mass is 35.5. The highest BCUT2D eigenvalue weighted by Gasteiger charge is 2.18. The van der Waals surface area contributed by atoms with E-state index in [9.17, 15) is 14.4 Å². The molecule has 1 aromatic heterocycles. The van der Waals surface area contributed by atoms with Gasteiger partial charge in [-0.05, 0) is 79.2 Å². The van der Waals surface area contributed by atoms with E-state index in [0.717, 1.165) is 21.7 Å². The summed E-state index contributed by atoms with van der Waals surface area (Å²) in [6.45, 7) is 1.81. The molecule has 1 heterocycles. The molecule has 5 rings (SSSR count). The van der Waals surface area contributed by atoms with Crippen LogP contribution in [0.2, 0.25) is 10.0 Å². The quantitative estimate of drug-likeness (QED) is 0.0934. The number of halogens is 2. The second-order valence-corrected chi connectivity index (χ2v) is 13.8. The molecule has 0 aliphatic carbocycles. The van der Waals surface area contributed by atoms with Crippen LogP contribution >= 0.6 is 46.3 Å². The van der Waals surface area contributed by atoms with Crippen molar-refractivity contribution in [2.45, 2.75) is 17.1 Å². The van der Waals surface area contributed by atoms with Crippen LogP contribution in [-0.2, 0) is 9.59 Å². The van der Waals surface area contributed by atoms with E-state index in [0.29, 0.717) is 32.1 Å². The normalized spacial score (nSPS) is 11.8. The molecule has 5 aromatic rings. The fourth-order valence-corrected chi connectivity index (χ4v) is 6.27. The minimum absolute atomic E-state index is 0.0923. The van der Waals surface area contributed by atoms with Gasteiger partial charge in [-0.2, -0.15) is 0 Å². The number of carbonyl (C=O) groups excluding carboxylic acids is 3. The van der Waals surface area contributed by atoms with E-state index in [1.807, 2.05) is 72.9 Å². The molecule has 8 nitrogen and oxygen atoms in total. The predicted molar refractivity (Wildman–Crippen MR) is 199 cm³/mol. The van der Waals surface area contributed by atoms with Crippen LogP contribution in [0.3, 0.4) is 0 Å². The summed E-state index contributed by atoms with van der Waals surface area (Å²) >= 11 is 14.8. The number of thiazole rings is 1. The SMILES string of the molecule is CC(Sc1ccc(NC(=O)/C(=C/c2ccc(N(C)C)cc2)NC(=O)c2ccccc2)cc1)C(=O)Nc1nc(-c2ccc(Cl)c(Cl)c2)cs1. The average molecular weight is 717 g/mol. The van der Waals surface area contributed by atoms with Gasteiger partial charge in [0.05, 0.1) is 21.0 Å². The molecular formula is C36H31Cl2N5O3S2. The van der Waals surface area contributed by atoms with Gasteiger partial charge >= 0.3 is 0 Å². The van der Waals surface area contributed by atoms with Crippen LogP contribution in [0.5, 0.6) is 0 Å². The van der Waals surface area contributed by atoms with Crippen molar-refractivity contribution in [3.05, 3.63) is 129 Å². The van der Waals surface area contributed by atoms with Crippen LogP contribution in [0.4, 0.5) is 16.5 Å². The number of amides is 3. The molecule has 4 aromatic carbocycles. The third-order valence-electron chi connectivity index (χ3n) is 6.99. The third kappa shape index (κ3) is 9.26. The van der Waals surface area contributed by atoms with E-state index in [1.165, 1.54) is 23.1 Å². The number of benzene rings is 4. The topological polar surface area (TPSA) is 103 Å². The van der Waals surface area contributed by atoms with E-state index >= 15 is 0 Å². The van der Waals surface area contributed by atoms with Crippen LogP contribution in [0.25, 0.3) is 17.3 Å². The number of nitrogens with zero attached hydrogens (tertiary/aromatic N) is 2. The maximum atomic E-state index is 13.4. The Hall–Kier alpha value is -4.61. The van der Waals surface area contributed by atoms with E-state index in [-0.39, 0.29) is 11.6 Å². The highest BCUT2D eigenvalue weighted by molar-refractivity contribution is 8.00. The van der Waals surface area contributed by atoms with E-state index < -0.39 is 17.1 Å². The van der Waals surface area contributed by atoms with Crippen LogP contribution in [0, 0.1) is 0 Å². The summed E-state index contributed by atoms with van der Waals surface area (Å²) < 4.78 is 0. The molecule has 0 saturated carbocycles. The number of anilines is 3. The van der Waals surface area contributed by atoms with Gasteiger partial charge in [-0.25, -0.2) is 4.98 Å². The molecule has 3 N–H and O–H groups in total. The second kappa shape index (κ2) is 16.0. The van der Waals surface area contributed by atoms with Gasteiger partial charge in [0.25, 0.3) is 11.8 Å². The number of thioether (sulfide) groups is 1. The van der Waals surface area contributed by atoms with Crippen molar-refractivity contribution < 1.29 is 14.4 Å². The summed E-state index contributed by atoms with van der Waals surface area (Å²) in [5.74, 6) is -1.08. The Morgan fingerprint density at radius 3 is 2.25 bits per heavy atom. The van der Waals surface area contributed by atoms with Gasteiger partial charge in [0.1, 0.15) is 5.70 Å². The molecule has 0 spiro atoms. The first-order valence-electron chi connectivity index (χ1n) is 14.7. The summed E-state index contributed by atoms with van der Waals surface area (Å²) in [4.78, 5) is 46.7. The third-order valence-corrected chi connectivity index (χ3v) is 9.60. The molecule has 48 heavy (non-hydrogen) atoms. The molecule has 3 amide bonds. The van der Waals surface area contributed by atoms with Crippen LogP contribution < -0.4 is 20.9 Å². The van der Waals surface area contributed by atoms with Gasteiger partial charge in [0.15, 0.2) is 5.13 Å². The number of rotatable bonds is 11. The average Bonchev–Trinajstić information content (AvgIpc) is 3.55. The lowest BCUT2D eigenvalue weighted by molar-refractivity contribution is -0.115. The van der Waals surface area contributed by atoms with Crippen LogP contribution in [0.1, 0.15) is 22.8 Å². The molecule has 0 saturated heterocycles. The standard InChI is InChI=1S/C36H31Cl2N5O3S2/c1-22(33(44)42-36-41-32(21-47-36)25-11-18-29(37)30(38)20-25)48-28-16-12-26(13-17-28)39-35(46)31(40-34(45)24-7-5-4-6-8-24)19-23-9-14-27(15-10-23)43(2)3/h4-22H,1-3H3,(H,39,46)(H,40,45)(H,41,42,44)/b31-19-. The Labute approximate surface area is 297 Å². The van der Waals surface area contributed by atoms with Crippen molar-refractivity contribution >= 4 is 86.6 Å². The number of hydrogen-bond donors (Lipinski definition) is 3. The number of nitrogens with one attached hydrogen (secondary N) is 3. The van der Waals surface area contributed by atoms with Gasteiger partial charge in [-0.3, -0.25) is 14.4 Å². The minimum Gasteiger partial charge on any atom is -0.378 e. The lowest BCUT2D eigenvalue weighted by Gasteiger charge is -2.14. The van der Waals surface area contributed by atoms with Crippen LogP contribution in [0.15, 0.2) is 113 Å². The van der Waals surface area contributed by atoms with Gasteiger partial charge in [0, 0.05) is 46.9 Å². The molecule has 0 aliphatic heterocycles. The molecule has 12 heteroatoms. The maximum absolute atomic E-state index is 13.4. The molecule has 1 unspecified atom stereocenters. The Bertz CT molecular complexity index is 1950. The first-order chi connectivity index (χ1) is 23.0. The summed E-state index contributed by atoms with van der Waals surface area (Å²) in [6.07, 6.45) is 1.64. The Balaban J connectivity index is 1.22. The summed E-state index contributed by atoms with van der Waals surface area (Å²) in [7, 11) is 3.89. The molecular weight excluding hydrogens is 685 g/mol. The summed E-state index contributed by atoms with van der Waals surface area (Å²) in [6, 6.07) is 28.7. The highest BCUT2D eigenvalue weighted by Crippen LogP contribution is 2.31. The van der Waals surface area contributed by atoms with Gasteiger partial charge in [0.2, 0.25) is 5.91 Å². The van der Waals surface area contributed by atoms with Gasteiger partial charge in [-0.15, -0.1) is 23.1 Å².